The van der Waals surface area contributed by atoms with Crippen LogP contribution in [0.5, 0.6) is 0 Å². The Morgan fingerprint density at radius 2 is 1.87 bits per heavy atom. The predicted molar refractivity (Wildman–Crippen MR) is 77.4 cm³/mol. The van der Waals surface area contributed by atoms with Gasteiger partial charge in [0, 0.05) is 20.0 Å². The summed E-state index contributed by atoms with van der Waals surface area (Å²) in [5.74, 6) is -1.27. The van der Waals surface area contributed by atoms with Crippen LogP contribution in [0.15, 0.2) is 0 Å². The number of amides is 1. The van der Waals surface area contributed by atoms with Gasteiger partial charge in [-0.15, -0.1) is 0 Å². The van der Waals surface area contributed by atoms with Gasteiger partial charge in [-0.1, -0.05) is 6.42 Å². The van der Waals surface area contributed by atoms with Crippen LogP contribution in [-0.2, 0) is 19.1 Å². The fourth-order valence-electron chi connectivity index (χ4n) is 2.37. The molecule has 0 unspecified atom stereocenters. The quantitative estimate of drug-likeness (QED) is 0.323. The van der Waals surface area contributed by atoms with Gasteiger partial charge in [-0.25, -0.2) is 0 Å². The molecule has 9 nitrogen and oxygen atoms in total. The number of hydrogen-bond acceptors (Lipinski definition) is 7. The minimum absolute atomic E-state index is 0.0892. The third-order valence-corrected chi connectivity index (χ3v) is 3.57. The van der Waals surface area contributed by atoms with Crippen molar-refractivity contribution in [3.8, 4) is 0 Å². The summed E-state index contributed by atoms with van der Waals surface area (Å²) in [7, 11) is 0. The Morgan fingerprint density at radius 3 is 2.43 bits per heavy atom. The highest BCUT2D eigenvalue weighted by Crippen LogP contribution is 2.22. The molecule has 1 rings (SSSR count). The summed E-state index contributed by atoms with van der Waals surface area (Å²) in [6.45, 7) is 1.00. The zero-order chi connectivity index (χ0) is 17.4. The Kier molecular flexibility index (Phi) is 8.42. The lowest BCUT2D eigenvalue weighted by Gasteiger charge is -2.42. The van der Waals surface area contributed by atoms with Crippen LogP contribution in [0.2, 0.25) is 0 Å². The number of aliphatic carboxylic acids is 1. The maximum atomic E-state index is 11.2. The zero-order valence-electron chi connectivity index (χ0n) is 13.1. The van der Waals surface area contributed by atoms with E-state index in [1.54, 1.807) is 0 Å². The van der Waals surface area contributed by atoms with Crippen molar-refractivity contribution >= 4 is 11.9 Å². The number of carbonyl (C=O) groups is 2. The lowest BCUT2D eigenvalue weighted by molar-refractivity contribution is -0.270. The molecule has 5 N–H and O–H groups in total. The second kappa shape index (κ2) is 9.78. The van der Waals surface area contributed by atoms with Crippen molar-refractivity contribution < 1.29 is 39.5 Å². The Hall–Kier alpha value is -1.26. The lowest BCUT2D eigenvalue weighted by Crippen LogP contribution is -2.64. The summed E-state index contributed by atoms with van der Waals surface area (Å²) in [6.07, 6.45) is -2.83. The number of aliphatic hydroxyl groups excluding tert-OH is 3. The molecule has 0 bridgehead atoms. The van der Waals surface area contributed by atoms with Gasteiger partial charge in [-0.2, -0.15) is 0 Å². The van der Waals surface area contributed by atoms with Crippen LogP contribution in [0.4, 0.5) is 0 Å². The van der Waals surface area contributed by atoms with E-state index in [-0.39, 0.29) is 13.0 Å². The Balaban J connectivity index is 2.49. The van der Waals surface area contributed by atoms with Crippen molar-refractivity contribution in [2.45, 2.75) is 63.3 Å². The highest BCUT2D eigenvalue weighted by Gasteiger charge is 2.45. The molecule has 1 fully saturated rings. The molecule has 1 amide bonds. The molecule has 0 spiro atoms. The molecule has 0 saturated carbocycles. The molecule has 134 valence electrons. The molecule has 0 aromatic heterocycles. The first kappa shape index (κ1) is 19.8. The Morgan fingerprint density at radius 1 is 1.17 bits per heavy atom. The fourth-order valence-corrected chi connectivity index (χ4v) is 2.37. The van der Waals surface area contributed by atoms with Crippen molar-refractivity contribution in [2.75, 3.05) is 13.2 Å². The van der Waals surface area contributed by atoms with Crippen molar-refractivity contribution in [3.63, 3.8) is 0 Å². The van der Waals surface area contributed by atoms with Crippen molar-refractivity contribution in [3.05, 3.63) is 0 Å². The standard InChI is InChI=1S/C14H25NO8/c1-8(17)15-11-13(21)12(20)9(7-16)23-14(11)22-6-4-2-3-5-10(18)19/h9,11-14,16,20-21H,2-7H2,1H3,(H,15,17)(H,18,19)/t9-,11-,12-,13-,14-/m1/s1. The van der Waals surface area contributed by atoms with Gasteiger partial charge < -0.3 is 35.2 Å². The second-order valence-corrected chi connectivity index (χ2v) is 5.51. The van der Waals surface area contributed by atoms with Gasteiger partial charge in [0.05, 0.1) is 6.61 Å². The number of nitrogens with one attached hydrogen (secondary N) is 1. The van der Waals surface area contributed by atoms with Gasteiger partial charge in [0.15, 0.2) is 6.29 Å². The number of carboxylic acid groups (broad SMARTS) is 1. The number of rotatable bonds is 9. The molecule has 9 heteroatoms. The molecular formula is C14H25NO8. The van der Waals surface area contributed by atoms with Gasteiger partial charge in [0.25, 0.3) is 0 Å². The number of hydrogen-bond donors (Lipinski definition) is 5. The summed E-state index contributed by atoms with van der Waals surface area (Å²) in [5, 5.41) is 40.1. The lowest BCUT2D eigenvalue weighted by atomic mass is 9.97. The minimum atomic E-state index is -1.34. The topological polar surface area (TPSA) is 146 Å². The number of carbonyl (C=O) groups excluding carboxylic acids is 1. The van der Waals surface area contributed by atoms with Gasteiger partial charge in [-0.3, -0.25) is 9.59 Å². The number of aliphatic hydroxyl groups is 3. The van der Waals surface area contributed by atoms with Gasteiger partial charge in [0.2, 0.25) is 5.91 Å². The van der Waals surface area contributed by atoms with Crippen LogP contribution in [-0.4, -0.2) is 76.2 Å². The summed E-state index contributed by atoms with van der Waals surface area (Å²) in [5.41, 5.74) is 0. The number of carboxylic acids is 1. The monoisotopic (exact) mass is 335 g/mol. The molecule has 0 aromatic rings. The first-order chi connectivity index (χ1) is 10.9. The maximum absolute atomic E-state index is 11.2. The molecule has 0 aromatic carbocycles. The SMILES string of the molecule is CC(=O)N[C@H]1[C@H](OCCCCCC(=O)O)O[C@H](CO)[C@@H](O)[C@@H]1O. The van der Waals surface area contributed by atoms with E-state index in [1.807, 2.05) is 0 Å². The van der Waals surface area contributed by atoms with Crippen LogP contribution >= 0.6 is 0 Å². The molecule has 0 radical (unpaired) electrons. The highest BCUT2D eigenvalue weighted by molar-refractivity contribution is 5.73. The summed E-state index contributed by atoms with van der Waals surface area (Å²) in [4.78, 5) is 21.6. The molecular weight excluding hydrogens is 310 g/mol. The van der Waals surface area contributed by atoms with Crippen LogP contribution in [0.25, 0.3) is 0 Å². The summed E-state index contributed by atoms with van der Waals surface area (Å²) >= 11 is 0. The summed E-state index contributed by atoms with van der Waals surface area (Å²) in [6, 6.07) is -0.954. The third kappa shape index (κ3) is 6.40. The molecule has 1 heterocycles. The van der Waals surface area contributed by atoms with Gasteiger partial charge in [0.1, 0.15) is 24.4 Å². The summed E-state index contributed by atoms with van der Waals surface area (Å²) < 4.78 is 10.9. The second-order valence-electron chi connectivity index (χ2n) is 5.51. The normalized spacial score (nSPS) is 30.9. The Labute approximate surface area is 134 Å². The van der Waals surface area contributed by atoms with Gasteiger partial charge in [-0.05, 0) is 12.8 Å². The van der Waals surface area contributed by atoms with E-state index in [9.17, 15) is 19.8 Å². The van der Waals surface area contributed by atoms with E-state index in [1.165, 1.54) is 6.92 Å². The van der Waals surface area contributed by atoms with E-state index in [0.717, 1.165) is 0 Å². The molecule has 0 aliphatic carbocycles. The molecule has 1 aliphatic rings. The van der Waals surface area contributed by atoms with E-state index in [0.29, 0.717) is 19.3 Å². The van der Waals surface area contributed by atoms with Crippen LogP contribution in [0.1, 0.15) is 32.6 Å². The Bertz CT molecular complexity index is 391. The van der Waals surface area contributed by atoms with Crippen molar-refractivity contribution in [1.29, 1.82) is 0 Å². The van der Waals surface area contributed by atoms with Crippen LogP contribution in [0.3, 0.4) is 0 Å². The largest absolute Gasteiger partial charge is 0.481 e. The number of unbranched alkanes of at least 4 members (excludes halogenated alkanes) is 2. The molecule has 5 atom stereocenters. The van der Waals surface area contributed by atoms with E-state index in [4.69, 9.17) is 19.7 Å². The van der Waals surface area contributed by atoms with Gasteiger partial charge >= 0.3 is 5.97 Å². The van der Waals surface area contributed by atoms with Crippen molar-refractivity contribution in [1.82, 2.24) is 5.32 Å². The predicted octanol–water partition coefficient (Wildman–Crippen LogP) is -1.41. The maximum Gasteiger partial charge on any atom is 0.303 e. The smallest absolute Gasteiger partial charge is 0.303 e. The van der Waals surface area contributed by atoms with E-state index >= 15 is 0 Å². The van der Waals surface area contributed by atoms with Crippen LogP contribution in [0, 0.1) is 0 Å². The highest BCUT2D eigenvalue weighted by atomic mass is 16.7. The third-order valence-electron chi connectivity index (χ3n) is 3.57. The first-order valence-corrected chi connectivity index (χ1v) is 7.59. The van der Waals surface area contributed by atoms with E-state index < -0.39 is 49.1 Å². The minimum Gasteiger partial charge on any atom is -0.481 e. The van der Waals surface area contributed by atoms with E-state index in [2.05, 4.69) is 5.32 Å². The molecule has 1 saturated heterocycles. The van der Waals surface area contributed by atoms with Crippen LogP contribution < -0.4 is 5.32 Å². The van der Waals surface area contributed by atoms with Crippen molar-refractivity contribution in [2.24, 2.45) is 0 Å². The average molecular weight is 335 g/mol. The molecule has 23 heavy (non-hydrogen) atoms. The average Bonchev–Trinajstić information content (AvgIpc) is 2.48. The zero-order valence-corrected chi connectivity index (χ0v) is 13.1. The molecule has 1 aliphatic heterocycles. The number of ether oxygens (including phenoxy) is 2. The fraction of sp³-hybridized carbons (Fsp3) is 0.857. The first-order valence-electron chi connectivity index (χ1n) is 7.59.